The van der Waals surface area contributed by atoms with Crippen molar-refractivity contribution < 1.29 is 18.0 Å². The Morgan fingerprint density at radius 1 is 1.26 bits per heavy atom. The molecule has 31 heavy (non-hydrogen) atoms. The standard InChI is InChI=1S/C19H18ClF3N6O2/c1-4-28-16(30)6-5-15(26-28)29-17(24-10-25-29)11(2)27(3)18(31)12-7-13(19(21,22)23)9-14(20)8-12/h5-11H,4H2,1-3H3/t11-/m0/s1. The van der Waals surface area contributed by atoms with Crippen molar-refractivity contribution in [1.29, 1.82) is 0 Å². The molecule has 0 bridgehead atoms. The van der Waals surface area contributed by atoms with Gasteiger partial charge in [-0.25, -0.2) is 9.67 Å². The summed E-state index contributed by atoms with van der Waals surface area (Å²) in [6.07, 6.45) is -3.38. The Hall–Kier alpha value is -3.21. The van der Waals surface area contributed by atoms with E-state index in [9.17, 15) is 22.8 Å². The summed E-state index contributed by atoms with van der Waals surface area (Å²) in [6, 6.07) is 4.79. The van der Waals surface area contributed by atoms with E-state index in [4.69, 9.17) is 11.6 Å². The lowest BCUT2D eigenvalue weighted by Gasteiger charge is -2.25. The molecule has 0 radical (unpaired) electrons. The number of rotatable bonds is 5. The van der Waals surface area contributed by atoms with Gasteiger partial charge in [-0.15, -0.1) is 5.10 Å². The minimum Gasteiger partial charge on any atom is -0.332 e. The van der Waals surface area contributed by atoms with Gasteiger partial charge < -0.3 is 4.90 Å². The first-order valence-electron chi connectivity index (χ1n) is 9.16. The summed E-state index contributed by atoms with van der Waals surface area (Å²) >= 11 is 5.80. The maximum absolute atomic E-state index is 13.1. The van der Waals surface area contributed by atoms with Crippen LogP contribution in [0.2, 0.25) is 5.02 Å². The van der Waals surface area contributed by atoms with Crippen LogP contribution in [0.4, 0.5) is 13.2 Å². The van der Waals surface area contributed by atoms with Gasteiger partial charge in [0.2, 0.25) is 0 Å². The molecule has 2 heterocycles. The highest BCUT2D eigenvalue weighted by molar-refractivity contribution is 6.31. The Bertz CT molecular complexity index is 1170. The van der Waals surface area contributed by atoms with Gasteiger partial charge in [0.05, 0.1) is 11.6 Å². The zero-order chi connectivity index (χ0) is 22.9. The average Bonchev–Trinajstić information content (AvgIpc) is 3.21. The minimum absolute atomic E-state index is 0.201. The minimum atomic E-state index is -4.64. The Morgan fingerprint density at radius 2 is 1.97 bits per heavy atom. The lowest BCUT2D eigenvalue weighted by molar-refractivity contribution is -0.137. The molecule has 0 aliphatic heterocycles. The van der Waals surface area contributed by atoms with E-state index in [1.165, 1.54) is 45.8 Å². The summed E-state index contributed by atoms with van der Waals surface area (Å²) < 4.78 is 41.9. The molecule has 0 saturated carbocycles. The first-order valence-corrected chi connectivity index (χ1v) is 9.54. The average molecular weight is 455 g/mol. The van der Waals surface area contributed by atoms with Gasteiger partial charge in [-0.05, 0) is 38.1 Å². The topological polar surface area (TPSA) is 85.9 Å². The second-order valence-corrected chi connectivity index (χ2v) is 7.13. The quantitative estimate of drug-likeness (QED) is 0.590. The summed E-state index contributed by atoms with van der Waals surface area (Å²) in [4.78, 5) is 30.1. The summed E-state index contributed by atoms with van der Waals surface area (Å²) in [5, 5.41) is 8.11. The van der Waals surface area contributed by atoms with Gasteiger partial charge in [0, 0.05) is 30.2 Å². The lowest BCUT2D eigenvalue weighted by atomic mass is 10.1. The highest BCUT2D eigenvalue weighted by Gasteiger charge is 2.32. The number of amides is 1. The van der Waals surface area contributed by atoms with Gasteiger partial charge in [0.15, 0.2) is 11.6 Å². The van der Waals surface area contributed by atoms with E-state index in [0.29, 0.717) is 18.2 Å². The van der Waals surface area contributed by atoms with Crippen LogP contribution in [0, 0.1) is 0 Å². The van der Waals surface area contributed by atoms with E-state index in [-0.39, 0.29) is 16.1 Å². The molecule has 0 aliphatic carbocycles. The van der Waals surface area contributed by atoms with Crippen molar-refractivity contribution in [1.82, 2.24) is 29.4 Å². The predicted molar refractivity (Wildman–Crippen MR) is 106 cm³/mol. The third-order valence-electron chi connectivity index (χ3n) is 4.69. The number of hydrogen-bond acceptors (Lipinski definition) is 5. The highest BCUT2D eigenvalue weighted by Crippen LogP contribution is 2.32. The van der Waals surface area contributed by atoms with Gasteiger partial charge in [-0.3, -0.25) is 9.59 Å². The van der Waals surface area contributed by atoms with E-state index < -0.39 is 23.7 Å². The van der Waals surface area contributed by atoms with Crippen molar-refractivity contribution in [3.8, 4) is 5.82 Å². The van der Waals surface area contributed by atoms with Crippen molar-refractivity contribution in [3.63, 3.8) is 0 Å². The fourth-order valence-corrected chi connectivity index (χ4v) is 3.15. The van der Waals surface area contributed by atoms with Crippen molar-refractivity contribution in [2.75, 3.05) is 7.05 Å². The van der Waals surface area contributed by atoms with E-state index in [0.717, 1.165) is 12.1 Å². The second-order valence-electron chi connectivity index (χ2n) is 6.69. The number of nitrogens with zero attached hydrogens (tertiary/aromatic N) is 6. The molecular weight excluding hydrogens is 437 g/mol. The number of halogens is 4. The normalized spacial score (nSPS) is 12.6. The Balaban J connectivity index is 1.94. The fraction of sp³-hybridized carbons (Fsp3) is 0.316. The fourth-order valence-electron chi connectivity index (χ4n) is 2.92. The predicted octanol–water partition coefficient (Wildman–Crippen LogP) is 3.35. The van der Waals surface area contributed by atoms with Crippen LogP contribution < -0.4 is 5.56 Å². The SMILES string of the molecule is CCn1nc(-n2ncnc2[C@H](C)N(C)C(=O)c2cc(Cl)cc(C(F)(F)F)c2)ccc1=O. The van der Waals surface area contributed by atoms with Gasteiger partial charge in [-0.1, -0.05) is 11.6 Å². The van der Waals surface area contributed by atoms with E-state index >= 15 is 0 Å². The molecule has 1 amide bonds. The number of alkyl halides is 3. The lowest BCUT2D eigenvalue weighted by Crippen LogP contribution is -2.32. The van der Waals surface area contributed by atoms with Crippen LogP contribution in [-0.2, 0) is 12.7 Å². The molecule has 0 unspecified atom stereocenters. The Morgan fingerprint density at radius 3 is 2.61 bits per heavy atom. The zero-order valence-corrected chi connectivity index (χ0v) is 17.5. The number of carbonyl (C=O) groups is 1. The molecule has 164 valence electrons. The molecule has 12 heteroatoms. The molecule has 1 atom stereocenters. The molecule has 0 N–H and O–H groups in total. The van der Waals surface area contributed by atoms with Gasteiger partial charge >= 0.3 is 6.18 Å². The maximum Gasteiger partial charge on any atom is 0.416 e. The summed E-state index contributed by atoms with van der Waals surface area (Å²) in [6.45, 7) is 3.75. The van der Waals surface area contributed by atoms with Gasteiger partial charge in [-0.2, -0.15) is 23.0 Å². The first-order chi connectivity index (χ1) is 14.5. The Kier molecular flexibility index (Phi) is 6.16. The molecule has 0 saturated heterocycles. The number of aryl methyl sites for hydroxylation is 1. The van der Waals surface area contributed by atoms with Crippen LogP contribution in [0.1, 0.15) is 41.6 Å². The molecule has 0 spiro atoms. The third kappa shape index (κ3) is 4.61. The zero-order valence-electron chi connectivity index (χ0n) is 16.8. The molecule has 3 aromatic rings. The second kappa shape index (κ2) is 8.50. The van der Waals surface area contributed by atoms with E-state index in [1.807, 2.05) is 0 Å². The van der Waals surface area contributed by atoms with Crippen LogP contribution >= 0.6 is 11.6 Å². The van der Waals surface area contributed by atoms with Crippen molar-refractivity contribution >= 4 is 17.5 Å². The Labute approximate surface area is 179 Å². The van der Waals surface area contributed by atoms with Gasteiger partial charge in [0.1, 0.15) is 6.33 Å². The van der Waals surface area contributed by atoms with Crippen molar-refractivity contribution in [2.45, 2.75) is 32.6 Å². The summed E-state index contributed by atoms with van der Waals surface area (Å²) in [5.41, 5.74) is -1.51. The van der Waals surface area contributed by atoms with Crippen LogP contribution in [-0.4, -0.2) is 42.4 Å². The molecule has 0 fully saturated rings. The number of benzene rings is 1. The van der Waals surface area contributed by atoms with Crippen LogP contribution in [0.5, 0.6) is 0 Å². The maximum atomic E-state index is 13.1. The van der Waals surface area contributed by atoms with E-state index in [1.54, 1.807) is 13.8 Å². The number of aromatic nitrogens is 5. The summed E-state index contributed by atoms with van der Waals surface area (Å²) in [7, 11) is 1.43. The van der Waals surface area contributed by atoms with Crippen molar-refractivity contribution in [3.05, 3.63) is 69.0 Å². The smallest absolute Gasteiger partial charge is 0.332 e. The largest absolute Gasteiger partial charge is 0.416 e. The number of hydrogen-bond donors (Lipinski definition) is 0. The van der Waals surface area contributed by atoms with Crippen LogP contribution in [0.25, 0.3) is 5.82 Å². The molecule has 1 aromatic carbocycles. The summed E-state index contributed by atoms with van der Waals surface area (Å²) in [5.74, 6) is -0.0620. The first kappa shape index (κ1) is 22.5. The van der Waals surface area contributed by atoms with E-state index in [2.05, 4.69) is 15.2 Å². The van der Waals surface area contributed by atoms with Crippen LogP contribution in [0.15, 0.2) is 41.5 Å². The molecule has 2 aromatic heterocycles. The third-order valence-corrected chi connectivity index (χ3v) is 4.91. The molecule has 8 nitrogen and oxygen atoms in total. The van der Waals surface area contributed by atoms with Crippen LogP contribution in [0.3, 0.4) is 0 Å². The molecule has 0 aliphatic rings. The molecular formula is C19H18ClF3N6O2. The monoisotopic (exact) mass is 454 g/mol. The number of carbonyl (C=O) groups excluding carboxylic acids is 1. The van der Waals surface area contributed by atoms with Gasteiger partial charge in [0.25, 0.3) is 11.5 Å². The van der Waals surface area contributed by atoms with Crippen molar-refractivity contribution in [2.24, 2.45) is 0 Å². The molecule has 3 rings (SSSR count). The highest BCUT2D eigenvalue weighted by atomic mass is 35.5.